The monoisotopic (exact) mass is 599 g/mol. The van der Waals surface area contributed by atoms with E-state index < -0.39 is 59.2 Å². The molecule has 0 aliphatic heterocycles. The van der Waals surface area contributed by atoms with E-state index in [0.717, 1.165) is 0 Å². The lowest BCUT2D eigenvalue weighted by Crippen LogP contribution is -2.47. The maximum absolute atomic E-state index is 13.4. The Labute approximate surface area is 247 Å². The maximum Gasteiger partial charge on any atom is 0.326 e. The SMILES string of the molecule is CC(C)[C@H](CC(=O)[C@H](CCC(=O)OC(C)(C)C)NC(=O)CCCC(=O)N(C)C)C(=O)N[C@@H](CCCNC(N)=O)C(=O)O. The Morgan fingerprint density at radius 1 is 0.881 bits per heavy atom. The van der Waals surface area contributed by atoms with Crippen molar-refractivity contribution < 1.29 is 43.4 Å². The lowest BCUT2D eigenvalue weighted by atomic mass is 9.87. The number of hydrogen-bond acceptors (Lipinski definition) is 8. The van der Waals surface area contributed by atoms with Gasteiger partial charge in [0, 0.05) is 52.2 Å². The van der Waals surface area contributed by atoms with E-state index in [1.807, 2.05) is 0 Å². The Balaban J connectivity index is 5.55. The summed E-state index contributed by atoms with van der Waals surface area (Å²) in [6.45, 7) is 8.65. The third-order valence-electron chi connectivity index (χ3n) is 6.22. The molecule has 0 rings (SSSR count). The van der Waals surface area contributed by atoms with Gasteiger partial charge in [-0.3, -0.25) is 24.0 Å². The minimum absolute atomic E-state index is 0.0189. The summed E-state index contributed by atoms with van der Waals surface area (Å²) in [5, 5.41) is 17.0. The minimum atomic E-state index is -1.27. The molecule has 240 valence electrons. The van der Waals surface area contributed by atoms with Gasteiger partial charge in [-0.2, -0.15) is 0 Å². The third kappa shape index (κ3) is 17.2. The molecule has 0 saturated carbocycles. The average molecular weight is 600 g/mol. The number of Topliss-reactive ketones (excluding diaryl/α,β-unsaturated/α-hetero) is 1. The number of ketones is 1. The number of esters is 1. The number of carbonyl (C=O) groups excluding carboxylic acids is 6. The first-order valence-electron chi connectivity index (χ1n) is 14.1. The van der Waals surface area contributed by atoms with Crippen molar-refractivity contribution in [3.05, 3.63) is 0 Å². The van der Waals surface area contributed by atoms with Crippen molar-refractivity contribution in [2.24, 2.45) is 17.6 Å². The lowest BCUT2D eigenvalue weighted by molar-refractivity contribution is -0.155. The summed E-state index contributed by atoms with van der Waals surface area (Å²) in [6, 6.07) is -3.10. The van der Waals surface area contributed by atoms with Gasteiger partial charge in [-0.05, 0) is 52.4 Å². The molecule has 6 N–H and O–H groups in total. The second-order valence-electron chi connectivity index (χ2n) is 11.7. The zero-order chi connectivity index (χ0) is 32.6. The minimum Gasteiger partial charge on any atom is -0.480 e. The summed E-state index contributed by atoms with van der Waals surface area (Å²) in [5.74, 6) is -4.87. The van der Waals surface area contributed by atoms with Gasteiger partial charge in [0.1, 0.15) is 11.6 Å². The molecule has 0 aliphatic carbocycles. The fraction of sp³-hybridized carbons (Fsp3) is 0.750. The van der Waals surface area contributed by atoms with E-state index in [1.54, 1.807) is 48.7 Å². The van der Waals surface area contributed by atoms with Crippen LogP contribution in [0.2, 0.25) is 0 Å². The molecule has 3 atom stereocenters. The lowest BCUT2D eigenvalue weighted by Gasteiger charge is -2.25. The van der Waals surface area contributed by atoms with Crippen LogP contribution in [0.3, 0.4) is 0 Å². The van der Waals surface area contributed by atoms with Crippen molar-refractivity contribution in [3.8, 4) is 0 Å². The highest BCUT2D eigenvalue weighted by molar-refractivity contribution is 5.93. The quantitative estimate of drug-likeness (QED) is 0.106. The summed E-state index contributed by atoms with van der Waals surface area (Å²) < 4.78 is 5.31. The number of nitrogens with zero attached hydrogens (tertiary/aromatic N) is 1. The van der Waals surface area contributed by atoms with Gasteiger partial charge >= 0.3 is 18.0 Å². The molecule has 0 heterocycles. The van der Waals surface area contributed by atoms with Crippen molar-refractivity contribution in [3.63, 3.8) is 0 Å². The molecular formula is C28H49N5O9. The van der Waals surface area contributed by atoms with Crippen molar-refractivity contribution in [1.82, 2.24) is 20.9 Å². The molecule has 14 heteroatoms. The first-order valence-corrected chi connectivity index (χ1v) is 14.1. The molecule has 0 bridgehead atoms. The van der Waals surface area contributed by atoms with Crippen molar-refractivity contribution in [2.75, 3.05) is 20.6 Å². The van der Waals surface area contributed by atoms with Gasteiger partial charge < -0.3 is 36.4 Å². The number of urea groups is 1. The molecule has 0 radical (unpaired) electrons. The normalized spacial score (nSPS) is 13.3. The highest BCUT2D eigenvalue weighted by atomic mass is 16.6. The van der Waals surface area contributed by atoms with Gasteiger partial charge in [0.15, 0.2) is 5.78 Å². The highest BCUT2D eigenvalue weighted by Gasteiger charge is 2.32. The van der Waals surface area contributed by atoms with Crippen LogP contribution >= 0.6 is 0 Å². The molecule has 0 unspecified atom stereocenters. The first kappa shape index (κ1) is 38.3. The Hall–Kier alpha value is -3.71. The van der Waals surface area contributed by atoms with Crippen LogP contribution in [-0.2, 0) is 33.5 Å². The number of nitrogens with one attached hydrogen (secondary N) is 3. The van der Waals surface area contributed by atoms with Gasteiger partial charge in [0.2, 0.25) is 17.7 Å². The van der Waals surface area contributed by atoms with E-state index in [9.17, 15) is 38.7 Å². The van der Waals surface area contributed by atoms with Crippen LogP contribution in [0.15, 0.2) is 0 Å². The molecule has 0 fully saturated rings. The second-order valence-corrected chi connectivity index (χ2v) is 11.7. The first-order chi connectivity index (χ1) is 19.3. The number of primary amides is 1. The van der Waals surface area contributed by atoms with E-state index in [2.05, 4.69) is 16.0 Å². The van der Waals surface area contributed by atoms with Crippen LogP contribution in [0.4, 0.5) is 4.79 Å². The average Bonchev–Trinajstić information content (AvgIpc) is 2.84. The zero-order valence-corrected chi connectivity index (χ0v) is 25.9. The van der Waals surface area contributed by atoms with Crippen LogP contribution in [0.5, 0.6) is 0 Å². The molecule has 0 aromatic carbocycles. The van der Waals surface area contributed by atoms with Crippen LogP contribution in [-0.4, -0.2) is 89.8 Å². The Morgan fingerprint density at radius 2 is 1.50 bits per heavy atom. The molecule has 0 saturated heterocycles. The second kappa shape index (κ2) is 18.7. The van der Waals surface area contributed by atoms with Gasteiger partial charge in [-0.1, -0.05) is 13.8 Å². The van der Waals surface area contributed by atoms with Crippen molar-refractivity contribution in [2.45, 2.75) is 104 Å². The highest BCUT2D eigenvalue weighted by Crippen LogP contribution is 2.20. The molecule has 0 spiro atoms. The number of carboxylic acid groups (broad SMARTS) is 1. The number of carbonyl (C=O) groups is 7. The molecule has 42 heavy (non-hydrogen) atoms. The predicted molar refractivity (Wildman–Crippen MR) is 154 cm³/mol. The number of aliphatic carboxylic acids is 1. The summed E-state index contributed by atoms with van der Waals surface area (Å²) >= 11 is 0. The molecular weight excluding hydrogens is 550 g/mol. The van der Waals surface area contributed by atoms with E-state index in [4.69, 9.17) is 10.5 Å². The number of carboxylic acids is 1. The Bertz CT molecular complexity index is 960. The fourth-order valence-corrected chi connectivity index (χ4v) is 3.90. The summed E-state index contributed by atoms with van der Waals surface area (Å²) in [6.07, 6.45) is 0.120. The summed E-state index contributed by atoms with van der Waals surface area (Å²) in [5.41, 5.74) is 4.26. The number of rotatable bonds is 19. The molecule has 0 aliphatic rings. The van der Waals surface area contributed by atoms with Gasteiger partial charge in [-0.25, -0.2) is 9.59 Å². The Morgan fingerprint density at radius 3 is 2.00 bits per heavy atom. The van der Waals surface area contributed by atoms with Crippen molar-refractivity contribution >= 4 is 41.5 Å². The molecule has 0 aromatic heterocycles. The predicted octanol–water partition coefficient (Wildman–Crippen LogP) is 1.10. The number of nitrogens with two attached hydrogens (primary N) is 1. The van der Waals surface area contributed by atoms with E-state index in [1.165, 1.54) is 4.90 Å². The maximum atomic E-state index is 13.4. The fourth-order valence-electron chi connectivity index (χ4n) is 3.90. The topological polar surface area (TPSA) is 214 Å². The third-order valence-corrected chi connectivity index (χ3v) is 6.22. The van der Waals surface area contributed by atoms with Crippen LogP contribution in [0.25, 0.3) is 0 Å². The van der Waals surface area contributed by atoms with E-state index >= 15 is 0 Å². The van der Waals surface area contributed by atoms with Crippen LogP contribution in [0, 0.1) is 11.8 Å². The number of ether oxygens (including phenoxy) is 1. The van der Waals surface area contributed by atoms with E-state index in [-0.39, 0.29) is 69.7 Å². The summed E-state index contributed by atoms with van der Waals surface area (Å²) in [7, 11) is 3.21. The van der Waals surface area contributed by atoms with E-state index in [0.29, 0.717) is 0 Å². The zero-order valence-electron chi connectivity index (χ0n) is 25.9. The van der Waals surface area contributed by atoms with Crippen molar-refractivity contribution in [1.29, 1.82) is 0 Å². The van der Waals surface area contributed by atoms with Gasteiger partial charge in [0.25, 0.3) is 0 Å². The number of amides is 5. The van der Waals surface area contributed by atoms with Crippen LogP contribution in [0.1, 0.15) is 86.0 Å². The molecule has 0 aromatic rings. The molecule has 5 amide bonds. The Kier molecular flexibility index (Phi) is 17.0. The summed E-state index contributed by atoms with van der Waals surface area (Å²) in [4.78, 5) is 87.2. The standard InChI is InChI=1S/C28H49N5O9/c1-17(2)18(25(38)32-20(26(39)40)10-9-15-30-27(29)41)16-21(34)19(13-14-24(37)42-28(3,4)5)31-22(35)11-8-12-23(36)33(6)7/h17-20H,8-16H2,1-7H3,(H,31,35)(H,32,38)(H,39,40)(H3,29,30,41)/t18-,19-,20-/m0/s1. The smallest absolute Gasteiger partial charge is 0.326 e. The molecule has 14 nitrogen and oxygen atoms in total. The van der Waals surface area contributed by atoms with Gasteiger partial charge in [0.05, 0.1) is 6.04 Å². The van der Waals surface area contributed by atoms with Crippen LogP contribution < -0.4 is 21.7 Å². The number of hydrogen-bond donors (Lipinski definition) is 5. The largest absolute Gasteiger partial charge is 0.480 e. The van der Waals surface area contributed by atoms with Gasteiger partial charge in [-0.15, -0.1) is 0 Å².